The highest BCUT2D eigenvalue weighted by Gasteiger charge is 2.15. The van der Waals surface area contributed by atoms with Gasteiger partial charge >= 0.3 is 0 Å². The minimum Gasteiger partial charge on any atom is -0.481 e. The lowest BCUT2D eigenvalue weighted by Gasteiger charge is -2.16. The zero-order chi connectivity index (χ0) is 14.3. The van der Waals surface area contributed by atoms with Crippen LogP contribution in [-0.4, -0.2) is 32.3 Å². The molecular formula is C14H18N2O3. The second-order valence-corrected chi connectivity index (χ2v) is 4.14. The molecule has 0 aliphatic rings. The van der Waals surface area contributed by atoms with Crippen molar-refractivity contribution in [2.75, 3.05) is 20.3 Å². The van der Waals surface area contributed by atoms with E-state index in [-0.39, 0.29) is 5.91 Å². The van der Waals surface area contributed by atoms with Crippen LogP contribution in [0.25, 0.3) is 0 Å². The van der Waals surface area contributed by atoms with E-state index in [2.05, 4.69) is 5.32 Å². The zero-order valence-corrected chi connectivity index (χ0v) is 11.4. The van der Waals surface area contributed by atoms with Gasteiger partial charge in [-0.25, -0.2) is 0 Å². The Morgan fingerprint density at radius 3 is 2.89 bits per heavy atom. The van der Waals surface area contributed by atoms with Gasteiger partial charge in [-0.05, 0) is 31.5 Å². The highest BCUT2D eigenvalue weighted by molar-refractivity contribution is 5.80. The Morgan fingerprint density at radius 1 is 1.53 bits per heavy atom. The van der Waals surface area contributed by atoms with Crippen LogP contribution < -0.4 is 10.1 Å². The summed E-state index contributed by atoms with van der Waals surface area (Å²) in [4.78, 5) is 11.7. The van der Waals surface area contributed by atoms with Gasteiger partial charge in [0.05, 0.1) is 18.2 Å². The van der Waals surface area contributed by atoms with E-state index in [1.807, 2.05) is 13.0 Å². The number of amides is 1. The molecule has 0 spiro atoms. The predicted octanol–water partition coefficient (Wildman–Crippen LogP) is 1.40. The van der Waals surface area contributed by atoms with E-state index in [9.17, 15) is 4.79 Å². The van der Waals surface area contributed by atoms with Crippen molar-refractivity contribution < 1.29 is 14.3 Å². The number of hydrogen-bond donors (Lipinski definition) is 1. The fraction of sp³-hybridized carbons (Fsp3) is 0.429. The van der Waals surface area contributed by atoms with Crippen LogP contribution in [0.3, 0.4) is 0 Å². The van der Waals surface area contributed by atoms with E-state index in [4.69, 9.17) is 14.7 Å². The van der Waals surface area contributed by atoms with Crippen LogP contribution in [0.1, 0.15) is 18.1 Å². The number of nitrogens with zero attached hydrogens (tertiary/aromatic N) is 1. The first-order valence-corrected chi connectivity index (χ1v) is 6.02. The van der Waals surface area contributed by atoms with Gasteiger partial charge in [-0.15, -0.1) is 0 Å². The molecule has 1 amide bonds. The molecule has 19 heavy (non-hydrogen) atoms. The third kappa shape index (κ3) is 4.60. The molecule has 5 heteroatoms. The Labute approximate surface area is 113 Å². The van der Waals surface area contributed by atoms with Crippen molar-refractivity contribution in [1.29, 1.82) is 5.26 Å². The SMILES string of the molecule is COCCNC(=O)C(C)Oc1cc(C#N)ccc1C. The van der Waals surface area contributed by atoms with Crippen molar-refractivity contribution in [3.05, 3.63) is 29.3 Å². The summed E-state index contributed by atoms with van der Waals surface area (Å²) in [5.41, 5.74) is 1.39. The highest BCUT2D eigenvalue weighted by Crippen LogP contribution is 2.20. The Kier molecular flexibility index (Phi) is 5.83. The molecule has 0 radical (unpaired) electrons. The molecule has 0 bridgehead atoms. The standard InChI is InChI=1S/C14H18N2O3/c1-10-4-5-12(9-15)8-13(10)19-11(2)14(17)16-6-7-18-3/h4-5,8,11H,6-7H2,1-3H3,(H,16,17). The highest BCUT2D eigenvalue weighted by atomic mass is 16.5. The van der Waals surface area contributed by atoms with Gasteiger partial charge < -0.3 is 14.8 Å². The van der Waals surface area contributed by atoms with E-state index in [1.165, 1.54) is 0 Å². The van der Waals surface area contributed by atoms with Crippen LogP contribution in [0.5, 0.6) is 5.75 Å². The van der Waals surface area contributed by atoms with Crippen LogP contribution in [0, 0.1) is 18.3 Å². The molecule has 1 N–H and O–H groups in total. The van der Waals surface area contributed by atoms with Gasteiger partial charge in [0.15, 0.2) is 6.10 Å². The smallest absolute Gasteiger partial charge is 0.260 e. The summed E-state index contributed by atoms with van der Waals surface area (Å²) >= 11 is 0. The molecule has 0 saturated carbocycles. The minimum atomic E-state index is -0.621. The molecule has 0 aliphatic heterocycles. The van der Waals surface area contributed by atoms with Gasteiger partial charge in [0.1, 0.15) is 5.75 Å². The molecule has 1 aromatic carbocycles. The number of aryl methyl sites for hydroxylation is 1. The third-order valence-electron chi connectivity index (χ3n) is 2.60. The predicted molar refractivity (Wildman–Crippen MR) is 70.9 cm³/mol. The summed E-state index contributed by atoms with van der Waals surface area (Å²) in [5.74, 6) is 0.340. The minimum absolute atomic E-state index is 0.209. The summed E-state index contributed by atoms with van der Waals surface area (Å²) in [7, 11) is 1.57. The van der Waals surface area contributed by atoms with Crippen LogP contribution >= 0.6 is 0 Å². The monoisotopic (exact) mass is 262 g/mol. The Bertz CT molecular complexity index is 480. The Balaban J connectivity index is 2.63. The summed E-state index contributed by atoms with van der Waals surface area (Å²) in [5, 5.41) is 11.5. The van der Waals surface area contributed by atoms with Crippen molar-refractivity contribution in [3.63, 3.8) is 0 Å². The Hall–Kier alpha value is -2.06. The number of ether oxygens (including phenoxy) is 2. The number of hydrogen-bond acceptors (Lipinski definition) is 4. The average Bonchev–Trinajstić information content (AvgIpc) is 2.41. The number of nitriles is 1. The normalized spacial score (nSPS) is 11.5. The molecule has 0 saturated heterocycles. The molecule has 0 fully saturated rings. The molecule has 102 valence electrons. The van der Waals surface area contributed by atoms with Gasteiger partial charge in [0, 0.05) is 13.7 Å². The first-order valence-electron chi connectivity index (χ1n) is 6.02. The van der Waals surface area contributed by atoms with Crippen molar-refractivity contribution in [3.8, 4) is 11.8 Å². The number of nitrogens with one attached hydrogen (secondary N) is 1. The van der Waals surface area contributed by atoms with Gasteiger partial charge in [-0.1, -0.05) is 6.07 Å². The van der Waals surface area contributed by atoms with E-state index in [0.717, 1.165) is 5.56 Å². The molecule has 1 rings (SSSR count). The molecule has 1 unspecified atom stereocenters. The van der Waals surface area contributed by atoms with Crippen LogP contribution in [0.4, 0.5) is 0 Å². The zero-order valence-electron chi connectivity index (χ0n) is 11.4. The number of methoxy groups -OCH3 is 1. The number of carbonyl (C=O) groups is 1. The maximum Gasteiger partial charge on any atom is 0.260 e. The Morgan fingerprint density at radius 2 is 2.26 bits per heavy atom. The van der Waals surface area contributed by atoms with Crippen molar-refractivity contribution in [2.45, 2.75) is 20.0 Å². The van der Waals surface area contributed by atoms with Gasteiger partial charge in [-0.2, -0.15) is 5.26 Å². The second kappa shape index (κ2) is 7.39. The van der Waals surface area contributed by atoms with Crippen LogP contribution in [-0.2, 0) is 9.53 Å². The largest absolute Gasteiger partial charge is 0.481 e. The third-order valence-corrected chi connectivity index (χ3v) is 2.60. The first kappa shape index (κ1) is 15.0. The summed E-state index contributed by atoms with van der Waals surface area (Å²) in [6, 6.07) is 7.18. The van der Waals surface area contributed by atoms with Crippen molar-refractivity contribution >= 4 is 5.91 Å². The lowest BCUT2D eigenvalue weighted by atomic mass is 10.1. The van der Waals surface area contributed by atoms with E-state index in [1.54, 1.807) is 32.2 Å². The fourth-order valence-corrected chi connectivity index (χ4v) is 1.46. The maximum absolute atomic E-state index is 11.7. The van der Waals surface area contributed by atoms with Gasteiger partial charge in [0.2, 0.25) is 0 Å². The van der Waals surface area contributed by atoms with Gasteiger partial charge in [0.25, 0.3) is 5.91 Å². The summed E-state index contributed by atoms with van der Waals surface area (Å²) in [6.07, 6.45) is -0.621. The van der Waals surface area contributed by atoms with Crippen molar-refractivity contribution in [1.82, 2.24) is 5.32 Å². The average molecular weight is 262 g/mol. The van der Waals surface area contributed by atoms with E-state index < -0.39 is 6.10 Å². The number of rotatable bonds is 6. The molecular weight excluding hydrogens is 244 g/mol. The summed E-state index contributed by atoms with van der Waals surface area (Å²) < 4.78 is 10.4. The number of benzene rings is 1. The fourth-order valence-electron chi connectivity index (χ4n) is 1.46. The van der Waals surface area contributed by atoms with Crippen molar-refractivity contribution in [2.24, 2.45) is 0 Å². The van der Waals surface area contributed by atoms with E-state index >= 15 is 0 Å². The first-order chi connectivity index (χ1) is 9.08. The van der Waals surface area contributed by atoms with Gasteiger partial charge in [-0.3, -0.25) is 4.79 Å². The number of carbonyl (C=O) groups excluding carboxylic acids is 1. The maximum atomic E-state index is 11.7. The van der Waals surface area contributed by atoms with E-state index in [0.29, 0.717) is 24.5 Å². The topological polar surface area (TPSA) is 71.3 Å². The lowest BCUT2D eigenvalue weighted by Crippen LogP contribution is -2.38. The van der Waals surface area contributed by atoms with Crippen LogP contribution in [0.15, 0.2) is 18.2 Å². The van der Waals surface area contributed by atoms with Crippen LogP contribution in [0.2, 0.25) is 0 Å². The molecule has 0 aromatic heterocycles. The molecule has 0 aliphatic carbocycles. The molecule has 1 aromatic rings. The summed E-state index contributed by atoms with van der Waals surface area (Å²) in [6.45, 7) is 4.44. The molecule has 0 heterocycles. The molecule has 5 nitrogen and oxygen atoms in total. The lowest BCUT2D eigenvalue weighted by molar-refractivity contribution is -0.127. The molecule has 1 atom stereocenters. The quantitative estimate of drug-likeness (QED) is 0.786. The second-order valence-electron chi connectivity index (χ2n) is 4.14.